The molecule has 0 bridgehead atoms. The van der Waals surface area contributed by atoms with Crippen molar-refractivity contribution in [1.29, 1.82) is 0 Å². The summed E-state index contributed by atoms with van der Waals surface area (Å²) in [5.74, 6) is 0.112. The van der Waals surface area contributed by atoms with Gasteiger partial charge in [-0.05, 0) is 26.3 Å². The van der Waals surface area contributed by atoms with Crippen molar-refractivity contribution in [2.45, 2.75) is 33.6 Å². The van der Waals surface area contributed by atoms with E-state index >= 15 is 0 Å². The van der Waals surface area contributed by atoms with Gasteiger partial charge in [0.1, 0.15) is 0 Å². The zero-order chi connectivity index (χ0) is 12.1. The van der Waals surface area contributed by atoms with Crippen molar-refractivity contribution in [2.75, 3.05) is 18.8 Å². The van der Waals surface area contributed by atoms with Gasteiger partial charge in [-0.2, -0.15) is 0 Å². The van der Waals surface area contributed by atoms with Crippen molar-refractivity contribution in [3.05, 3.63) is 15.8 Å². The minimum Gasteiger partial charge on any atom is -0.398 e. The number of unbranched alkanes of at least 4 members (excludes halogenated alkanes) is 1. The maximum Gasteiger partial charge on any atom is 0.263 e. The Morgan fingerprint density at radius 3 is 2.62 bits per heavy atom. The van der Waals surface area contributed by atoms with Gasteiger partial charge in [0, 0.05) is 23.7 Å². The van der Waals surface area contributed by atoms with Gasteiger partial charge in [-0.3, -0.25) is 4.79 Å². The molecule has 0 spiro atoms. The molecule has 0 saturated carbocycles. The van der Waals surface area contributed by atoms with Crippen molar-refractivity contribution in [2.24, 2.45) is 0 Å². The Balaban J connectivity index is 2.74. The lowest BCUT2D eigenvalue weighted by Crippen LogP contribution is -2.31. The molecule has 1 heterocycles. The molecule has 1 rings (SSSR count). The van der Waals surface area contributed by atoms with Gasteiger partial charge in [-0.1, -0.05) is 13.3 Å². The zero-order valence-corrected chi connectivity index (χ0v) is 11.1. The van der Waals surface area contributed by atoms with E-state index in [1.54, 1.807) is 6.07 Å². The maximum atomic E-state index is 12.1. The molecule has 0 aliphatic rings. The number of nitrogens with two attached hydrogens (primary N) is 1. The molecule has 1 aromatic heterocycles. The first-order valence-corrected chi connectivity index (χ1v) is 6.57. The Bertz CT molecular complexity index is 340. The predicted octanol–water partition coefficient (Wildman–Crippen LogP) is 2.90. The minimum absolute atomic E-state index is 0.112. The van der Waals surface area contributed by atoms with Gasteiger partial charge in [0.2, 0.25) is 0 Å². The van der Waals surface area contributed by atoms with E-state index in [1.165, 1.54) is 11.3 Å². The molecule has 1 aromatic rings. The van der Waals surface area contributed by atoms with E-state index in [4.69, 9.17) is 5.73 Å². The van der Waals surface area contributed by atoms with E-state index in [2.05, 4.69) is 6.92 Å². The van der Waals surface area contributed by atoms with Crippen molar-refractivity contribution in [3.8, 4) is 0 Å². The summed E-state index contributed by atoms with van der Waals surface area (Å²) in [7, 11) is 0. The minimum atomic E-state index is 0.112. The topological polar surface area (TPSA) is 46.3 Å². The number of anilines is 1. The lowest BCUT2D eigenvalue weighted by molar-refractivity contribution is 0.0767. The van der Waals surface area contributed by atoms with Crippen LogP contribution in [-0.2, 0) is 0 Å². The van der Waals surface area contributed by atoms with Crippen LogP contribution in [0.2, 0.25) is 0 Å². The highest BCUT2D eigenvalue weighted by Crippen LogP contribution is 2.24. The molecule has 0 aliphatic heterocycles. The summed E-state index contributed by atoms with van der Waals surface area (Å²) in [5, 5.41) is 0. The van der Waals surface area contributed by atoms with Crippen LogP contribution in [0.3, 0.4) is 0 Å². The SMILES string of the molecule is CCCCN(CC)C(=O)c1cc(N)c(C)s1. The van der Waals surface area contributed by atoms with Crippen LogP contribution >= 0.6 is 11.3 Å². The normalized spacial score (nSPS) is 10.4. The van der Waals surface area contributed by atoms with Crippen molar-refractivity contribution in [3.63, 3.8) is 0 Å². The summed E-state index contributed by atoms with van der Waals surface area (Å²) < 4.78 is 0. The molecule has 16 heavy (non-hydrogen) atoms. The lowest BCUT2D eigenvalue weighted by atomic mass is 10.3. The summed E-state index contributed by atoms with van der Waals surface area (Å²) in [6, 6.07) is 1.79. The fourth-order valence-electron chi connectivity index (χ4n) is 1.51. The van der Waals surface area contributed by atoms with Crippen LogP contribution in [0.1, 0.15) is 41.2 Å². The van der Waals surface area contributed by atoms with Gasteiger partial charge in [-0.25, -0.2) is 0 Å². The lowest BCUT2D eigenvalue weighted by Gasteiger charge is -2.19. The fourth-order valence-corrected chi connectivity index (χ4v) is 2.42. The molecule has 90 valence electrons. The highest BCUT2D eigenvalue weighted by molar-refractivity contribution is 7.14. The summed E-state index contributed by atoms with van der Waals surface area (Å²) in [6.07, 6.45) is 2.16. The Morgan fingerprint density at radius 1 is 1.50 bits per heavy atom. The average Bonchev–Trinajstić information content (AvgIpc) is 2.60. The standard InChI is InChI=1S/C12H20N2OS/c1-4-6-7-14(5-2)12(15)11-8-10(13)9(3)16-11/h8H,4-7,13H2,1-3H3. The van der Waals surface area contributed by atoms with Crippen molar-refractivity contribution >= 4 is 22.9 Å². The molecule has 3 nitrogen and oxygen atoms in total. The van der Waals surface area contributed by atoms with Gasteiger partial charge in [0.05, 0.1) is 4.88 Å². The van der Waals surface area contributed by atoms with Gasteiger partial charge in [0.15, 0.2) is 0 Å². The van der Waals surface area contributed by atoms with E-state index in [9.17, 15) is 4.79 Å². The molecule has 1 amide bonds. The zero-order valence-electron chi connectivity index (χ0n) is 10.2. The van der Waals surface area contributed by atoms with Crippen molar-refractivity contribution < 1.29 is 4.79 Å². The third-order valence-electron chi connectivity index (χ3n) is 2.62. The van der Waals surface area contributed by atoms with Crippen LogP contribution in [0, 0.1) is 6.92 Å². The molecule has 0 aliphatic carbocycles. The maximum absolute atomic E-state index is 12.1. The number of hydrogen-bond acceptors (Lipinski definition) is 3. The van der Waals surface area contributed by atoms with Crippen LogP contribution in [0.15, 0.2) is 6.07 Å². The Labute approximate surface area is 101 Å². The first kappa shape index (κ1) is 13.0. The van der Waals surface area contributed by atoms with Crippen LogP contribution in [0.4, 0.5) is 5.69 Å². The molecule has 0 fully saturated rings. The molecule has 0 radical (unpaired) electrons. The number of rotatable bonds is 5. The number of amides is 1. The van der Waals surface area contributed by atoms with Gasteiger partial charge >= 0.3 is 0 Å². The highest BCUT2D eigenvalue weighted by Gasteiger charge is 2.16. The molecular formula is C12H20N2OS. The Morgan fingerprint density at radius 2 is 2.19 bits per heavy atom. The third-order valence-corrected chi connectivity index (χ3v) is 3.67. The molecule has 0 aromatic carbocycles. The summed E-state index contributed by atoms with van der Waals surface area (Å²) >= 11 is 1.48. The summed E-state index contributed by atoms with van der Waals surface area (Å²) in [5.41, 5.74) is 6.48. The highest BCUT2D eigenvalue weighted by atomic mass is 32.1. The smallest absolute Gasteiger partial charge is 0.263 e. The second-order valence-electron chi connectivity index (χ2n) is 3.86. The summed E-state index contributed by atoms with van der Waals surface area (Å²) in [4.78, 5) is 15.8. The number of carbonyl (C=O) groups excluding carboxylic acids is 1. The van der Waals surface area contributed by atoms with Crippen LogP contribution < -0.4 is 5.73 Å². The number of nitrogen functional groups attached to an aromatic ring is 1. The Hall–Kier alpha value is -1.03. The quantitative estimate of drug-likeness (QED) is 0.860. The number of thiophene rings is 1. The summed E-state index contributed by atoms with van der Waals surface area (Å²) in [6.45, 7) is 7.68. The number of nitrogens with zero attached hydrogens (tertiary/aromatic N) is 1. The van der Waals surface area contributed by atoms with Crippen LogP contribution in [0.5, 0.6) is 0 Å². The largest absolute Gasteiger partial charge is 0.398 e. The Kier molecular flexibility index (Phi) is 4.80. The average molecular weight is 240 g/mol. The van der Waals surface area contributed by atoms with E-state index in [-0.39, 0.29) is 5.91 Å². The molecule has 4 heteroatoms. The van der Waals surface area contributed by atoms with Crippen LogP contribution in [0.25, 0.3) is 0 Å². The molecule has 0 unspecified atom stereocenters. The number of carbonyl (C=O) groups is 1. The monoisotopic (exact) mass is 240 g/mol. The van der Waals surface area contributed by atoms with Crippen molar-refractivity contribution in [1.82, 2.24) is 4.90 Å². The molecule has 0 atom stereocenters. The van der Waals surface area contributed by atoms with E-state index in [1.807, 2.05) is 18.7 Å². The number of hydrogen-bond donors (Lipinski definition) is 1. The first-order valence-electron chi connectivity index (χ1n) is 5.75. The second-order valence-corrected chi connectivity index (χ2v) is 5.12. The number of aryl methyl sites for hydroxylation is 1. The second kappa shape index (κ2) is 5.89. The molecular weight excluding hydrogens is 220 g/mol. The first-order chi connectivity index (χ1) is 7.60. The van der Waals surface area contributed by atoms with Gasteiger partial charge in [-0.15, -0.1) is 11.3 Å². The van der Waals surface area contributed by atoms with E-state index < -0.39 is 0 Å². The van der Waals surface area contributed by atoms with E-state index in [0.29, 0.717) is 0 Å². The third kappa shape index (κ3) is 2.98. The van der Waals surface area contributed by atoms with Gasteiger partial charge < -0.3 is 10.6 Å². The predicted molar refractivity (Wildman–Crippen MR) is 70.0 cm³/mol. The fraction of sp³-hybridized carbons (Fsp3) is 0.583. The molecule has 0 saturated heterocycles. The van der Waals surface area contributed by atoms with E-state index in [0.717, 1.165) is 41.4 Å². The molecule has 2 N–H and O–H groups in total. The van der Waals surface area contributed by atoms with Gasteiger partial charge in [0.25, 0.3) is 5.91 Å². The van der Waals surface area contributed by atoms with Crippen LogP contribution in [-0.4, -0.2) is 23.9 Å².